The van der Waals surface area contributed by atoms with Gasteiger partial charge in [0.2, 0.25) is 0 Å². The summed E-state index contributed by atoms with van der Waals surface area (Å²) >= 11 is 0. The Kier molecular flexibility index (Phi) is 11.5. The molecular weight excluding hydrogens is 648 g/mol. The summed E-state index contributed by atoms with van der Waals surface area (Å²) in [6.07, 6.45) is 1.64. The lowest BCUT2D eigenvalue weighted by Crippen LogP contribution is -2.52. The molecule has 1 aliphatic carbocycles. The minimum absolute atomic E-state index is 0.0956. The number of rotatable bonds is 16. The Balaban J connectivity index is 1.27. The summed E-state index contributed by atoms with van der Waals surface area (Å²) in [6.45, 7) is 8.94. The van der Waals surface area contributed by atoms with Crippen LogP contribution in [-0.2, 0) is 35.7 Å². The van der Waals surface area contributed by atoms with Gasteiger partial charge in [-0.1, -0.05) is 60.7 Å². The zero-order valence-electron chi connectivity index (χ0n) is 29.9. The first-order chi connectivity index (χ1) is 24.3. The maximum Gasteiger partial charge on any atom is 0.326 e. The van der Waals surface area contributed by atoms with Crippen LogP contribution in [0.4, 0.5) is 0 Å². The molecule has 1 unspecified atom stereocenters. The molecule has 1 aliphatic rings. The number of fused-ring (bicyclic) bond motifs is 1. The van der Waals surface area contributed by atoms with E-state index in [0.29, 0.717) is 19.7 Å². The predicted molar refractivity (Wildman–Crippen MR) is 195 cm³/mol. The smallest absolute Gasteiger partial charge is 0.326 e. The first-order valence-corrected chi connectivity index (χ1v) is 17.2. The summed E-state index contributed by atoms with van der Waals surface area (Å²) in [7, 11) is 0. The van der Waals surface area contributed by atoms with Crippen molar-refractivity contribution in [2.24, 2.45) is 0 Å². The van der Waals surface area contributed by atoms with Crippen LogP contribution in [0.3, 0.4) is 0 Å². The van der Waals surface area contributed by atoms with Crippen molar-refractivity contribution in [3.63, 3.8) is 0 Å². The second-order valence-electron chi connectivity index (χ2n) is 13.9. The van der Waals surface area contributed by atoms with E-state index in [-0.39, 0.29) is 6.10 Å². The van der Waals surface area contributed by atoms with Crippen LogP contribution in [0.5, 0.6) is 11.5 Å². The van der Waals surface area contributed by atoms with Crippen LogP contribution in [-0.4, -0.2) is 56.7 Å². The van der Waals surface area contributed by atoms with Gasteiger partial charge in [0.15, 0.2) is 0 Å². The van der Waals surface area contributed by atoms with Gasteiger partial charge in [-0.2, -0.15) is 0 Å². The largest absolute Gasteiger partial charge is 0.489 e. The fraction of sp³-hybridized carbons (Fsp3) is 0.366. The number of carbonyl (C=O) groups is 2. The highest BCUT2D eigenvalue weighted by atomic mass is 16.5. The first-order valence-electron chi connectivity index (χ1n) is 17.2. The van der Waals surface area contributed by atoms with E-state index in [1.807, 2.05) is 50.2 Å². The number of aliphatic hydroxyl groups is 2. The Morgan fingerprint density at radius 3 is 1.86 bits per heavy atom. The Labute approximate surface area is 299 Å². The van der Waals surface area contributed by atoms with Gasteiger partial charge in [-0.3, -0.25) is 20.2 Å². The molecule has 51 heavy (non-hydrogen) atoms. The second kappa shape index (κ2) is 15.7. The third-order valence-electron chi connectivity index (χ3n) is 10.0. The van der Waals surface area contributed by atoms with Gasteiger partial charge in [-0.15, -0.1) is 0 Å². The summed E-state index contributed by atoms with van der Waals surface area (Å²) in [6, 6.07) is 24.3. The van der Waals surface area contributed by atoms with E-state index in [2.05, 4.69) is 54.0 Å². The van der Waals surface area contributed by atoms with Gasteiger partial charge in [0.05, 0.1) is 13.2 Å². The van der Waals surface area contributed by atoms with Crippen molar-refractivity contribution in [1.29, 1.82) is 0 Å². The van der Waals surface area contributed by atoms with Crippen molar-refractivity contribution in [3.8, 4) is 22.6 Å². The molecular formula is C41H48N2O8. The van der Waals surface area contributed by atoms with Crippen LogP contribution in [0.1, 0.15) is 70.9 Å². The number of benzene rings is 4. The van der Waals surface area contributed by atoms with Crippen molar-refractivity contribution in [2.45, 2.75) is 84.3 Å². The number of hydrogen-bond donors (Lipinski definition) is 6. The molecule has 10 heteroatoms. The van der Waals surface area contributed by atoms with Crippen molar-refractivity contribution >= 4 is 11.9 Å². The quantitative estimate of drug-likeness (QED) is 0.0850. The summed E-state index contributed by atoms with van der Waals surface area (Å²) in [5.41, 5.74) is 7.86. The molecule has 0 radical (unpaired) electrons. The molecule has 4 aromatic carbocycles. The number of hydrogen-bond acceptors (Lipinski definition) is 8. The maximum absolute atomic E-state index is 11.5. The van der Waals surface area contributed by atoms with Crippen molar-refractivity contribution in [1.82, 2.24) is 10.6 Å². The van der Waals surface area contributed by atoms with Gasteiger partial charge in [-0.25, -0.2) is 0 Å². The molecule has 0 aliphatic heterocycles. The lowest BCUT2D eigenvalue weighted by Gasteiger charge is -2.24. The molecule has 0 fully saturated rings. The average molecular weight is 697 g/mol. The third kappa shape index (κ3) is 8.26. The zero-order valence-corrected chi connectivity index (χ0v) is 29.9. The number of aryl methyl sites for hydroxylation is 2. The van der Waals surface area contributed by atoms with Crippen LogP contribution in [0.15, 0.2) is 72.8 Å². The van der Waals surface area contributed by atoms with Crippen molar-refractivity contribution in [3.05, 3.63) is 117 Å². The van der Waals surface area contributed by atoms with Gasteiger partial charge >= 0.3 is 11.9 Å². The van der Waals surface area contributed by atoms with Crippen LogP contribution in [0.25, 0.3) is 11.1 Å². The van der Waals surface area contributed by atoms with Crippen LogP contribution in [0.2, 0.25) is 0 Å². The minimum Gasteiger partial charge on any atom is -0.489 e. The standard InChI is InChI=1S/C41H48N2O8/c1-25-18-28(20-42-40(4,23-44)38(46)47)12-15-35(25)50-22-30-8-6-9-31(27(30)3)32-10-7-11-34-33(32)14-17-37(34)51-36-16-13-29(19-26(36)2)21-43-41(5,24-45)39(48)49/h6-13,15-16,18-19,37,42-45H,14,17,20-24H2,1-5H3,(H,46,47)(H,48,49)/t37?,40-,41-/m0/s1. The van der Waals surface area contributed by atoms with E-state index in [4.69, 9.17) is 9.47 Å². The monoisotopic (exact) mass is 696 g/mol. The molecule has 0 amide bonds. The van der Waals surface area contributed by atoms with Gasteiger partial charge in [0.1, 0.15) is 35.3 Å². The Morgan fingerprint density at radius 2 is 1.31 bits per heavy atom. The van der Waals surface area contributed by atoms with Gasteiger partial charge in [-0.05, 0) is 115 Å². The van der Waals surface area contributed by atoms with E-state index < -0.39 is 36.2 Å². The molecule has 5 rings (SSSR count). The molecule has 3 atom stereocenters. The maximum atomic E-state index is 11.5. The van der Waals surface area contributed by atoms with Gasteiger partial charge in [0, 0.05) is 13.1 Å². The minimum atomic E-state index is -1.42. The lowest BCUT2D eigenvalue weighted by molar-refractivity contribution is -0.146. The summed E-state index contributed by atoms with van der Waals surface area (Å²) < 4.78 is 12.9. The zero-order chi connectivity index (χ0) is 36.9. The van der Waals surface area contributed by atoms with Crippen LogP contribution >= 0.6 is 0 Å². The SMILES string of the molecule is Cc1cc(CN[C@@](C)(CO)C(=O)O)ccc1OCc1cccc(-c2cccc3c2CCC3Oc2ccc(CN[C@@](C)(CO)C(=O)O)cc2C)c1C. The topological polar surface area (TPSA) is 158 Å². The van der Waals surface area contributed by atoms with E-state index in [1.54, 1.807) is 0 Å². The second-order valence-corrected chi connectivity index (χ2v) is 13.9. The molecule has 0 heterocycles. The van der Waals surface area contributed by atoms with Crippen molar-refractivity contribution in [2.75, 3.05) is 13.2 Å². The van der Waals surface area contributed by atoms with Gasteiger partial charge < -0.3 is 29.9 Å². The van der Waals surface area contributed by atoms with E-state index >= 15 is 0 Å². The first kappa shape index (κ1) is 37.5. The molecule has 0 bridgehead atoms. The number of carboxylic acid groups (broad SMARTS) is 2. The Hall–Kier alpha value is -4.74. The van der Waals surface area contributed by atoms with Crippen molar-refractivity contribution < 1.29 is 39.5 Å². The summed E-state index contributed by atoms with van der Waals surface area (Å²) in [5, 5.41) is 43.8. The highest BCUT2D eigenvalue weighted by Crippen LogP contribution is 2.42. The Morgan fingerprint density at radius 1 is 0.765 bits per heavy atom. The highest BCUT2D eigenvalue weighted by Gasteiger charge is 2.33. The highest BCUT2D eigenvalue weighted by molar-refractivity contribution is 5.79. The summed E-state index contributed by atoms with van der Waals surface area (Å²) in [5.74, 6) is -0.683. The molecule has 0 spiro atoms. The average Bonchev–Trinajstić information content (AvgIpc) is 3.53. The lowest BCUT2D eigenvalue weighted by atomic mass is 9.91. The van der Waals surface area contributed by atoms with Gasteiger partial charge in [0.25, 0.3) is 0 Å². The molecule has 0 saturated heterocycles. The predicted octanol–water partition coefficient (Wildman–Crippen LogP) is 5.77. The number of ether oxygens (including phenoxy) is 2. The third-order valence-corrected chi connectivity index (χ3v) is 10.0. The normalized spacial score (nSPS) is 16.2. The number of nitrogens with one attached hydrogen (secondary N) is 2. The molecule has 10 nitrogen and oxygen atoms in total. The molecule has 4 aromatic rings. The molecule has 0 saturated carbocycles. The van der Waals surface area contributed by atoms with Crippen LogP contribution < -0.4 is 20.1 Å². The number of aliphatic hydroxyl groups excluding tert-OH is 2. The Bertz CT molecular complexity index is 1910. The fourth-order valence-electron chi connectivity index (χ4n) is 6.36. The van der Waals surface area contributed by atoms with E-state index in [1.165, 1.54) is 30.5 Å². The number of carboxylic acids is 2. The van der Waals surface area contributed by atoms with E-state index in [9.17, 15) is 30.0 Å². The molecule has 0 aromatic heterocycles. The van der Waals surface area contributed by atoms with E-state index in [0.717, 1.165) is 63.3 Å². The van der Waals surface area contributed by atoms with Crippen LogP contribution in [0, 0.1) is 20.8 Å². The fourth-order valence-corrected chi connectivity index (χ4v) is 6.36. The number of aliphatic carboxylic acids is 2. The summed E-state index contributed by atoms with van der Waals surface area (Å²) in [4.78, 5) is 23.0. The molecule has 270 valence electrons. The molecule has 6 N–H and O–H groups in total.